The van der Waals surface area contributed by atoms with Crippen molar-refractivity contribution in [2.24, 2.45) is 7.05 Å². The van der Waals surface area contributed by atoms with Crippen molar-refractivity contribution in [3.8, 4) is 5.69 Å². The number of anilines is 1. The Morgan fingerprint density at radius 3 is 2.00 bits per heavy atom. The van der Waals surface area contributed by atoms with E-state index in [-0.39, 0.29) is 22.0 Å². The van der Waals surface area contributed by atoms with Gasteiger partial charge in [0.05, 0.1) is 11.4 Å². The van der Waals surface area contributed by atoms with Gasteiger partial charge in [-0.3, -0.25) is 9.36 Å². The average Bonchev–Trinajstić information content (AvgIpc) is 2.57. The molecular weight excluding hydrogens is 420 g/mol. The van der Waals surface area contributed by atoms with Crippen LogP contribution in [-0.4, -0.2) is 50.0 Å². The van der Waals surface area contributed by atoms with Gasteiger partial charge in [-0.25, -0.2) is 26.5 Å². The number of nitrogens with zero attached hydrogens (tertiary/aromatic N) is 4. The smallest absolute Gasteiger partial charge is 0.376 e. The number of aromatic nitrogens is 2. The first-order valence-corrected chi connectivity index (χ1v) is 9.38. The number of benzene rings is 1. The quantitative estimate of drug-likeness (QED) is 0.666. The predicted octanol–water partition coefficient (Wildman–Crippen LogP) is 1.01. The van der Waals surface area contributed by atoms with Crippen LogP contribution in [0, 0.1) is 5.82 Å². The highest BCUT2D eigenvalue weighted by Gasteiger charge is 2.35. The number of alkyl halides is 3. The normalized spacial score (nSPS) is 12.5. The second-order valence-electron chi connectivity index (χ2n) is 6.50. The van der Waals surface area contributed by atoms with E-state index in [2.05, 4.69) is 0 Å². The Morgan fingerprint density at radius 2 is 1.55 bits per heavy atom. The fourth-order valence-electron chi connectivity index (χ4n) is 2.58. The molecule has 1 aromatic heterocycles. The zero-order valence-corrected chi connectivity index (χ0v) is 16.9. The highest BCUT2D eigenvalue weighted by molar-refractivity contribution is 7.89. The molecule has 1 aromatic carbocycles. The molecule has 0 N–H and O–H groups in total. The van der Waals surface area contributed by atoms with Gasteiger partial charge in [-0.15, -0.1) is 0 Å². The van der Waals surface area contributed by atoms with Crippen LogP contribution in [-0.2, 0) is 23.2 Å². The summed E-state index contributed by atoms with van der Waals surface area (Å²) in [5, 5.41) is 0. The van der Waals surface area contributed by atoms with E-state index in [0.29, 0.717) is 4.57 Å². The summed E-state index contributed by atoms with van der Waals surface area (Å²) in [5.74, 6) is -1.15. The van der Waals surface area contributed by atoms with Crippen LogP contribution in [0.4, 0.5) is 23.2 Å². The first-order chi connectivity index (χ1) is 13.1. The second-order valence-corrected chi connectivity index (χ2v) is 8.62. The summed E-state index contributed by atoms with van der Waals surface area (Å²) in [6.45, 7) is 0. The number of halogens is 4. The maximum absolute atomic E-state index is 14.5. The van der Waals surface area contributed by atoms with Gasteiger partial charge in [0.15, 0.2) is 0 Å². The standard InChI is InChI=1S/C16H18F4N4O4S/c1-21(2)10-6-9(17)12(29(27,28)22(3)4)7-11(10)24-14(25)8-13(16(18,19)20)23(5)15(24)26/h6-8H,1-5H3. The topological polar surface area (TPSA) is 84.6 Å². The summed E-state index contributed by atoms with van der Waals surface area (Å²) in [6, 6.07) is 1.75. The maximum atomic E-state index is 14.5. The van der Waals surface area contributed by atoms with Crippen LogP contribution >= 0.6 is 0 Å². The average molecular weight is 438 g/mol. The zero-order chi connectivity index (χ0) is 22.5. The maximum Gasteiger partial charge on any atom is 0.431 e. The molecule has 0 saturated carbocycles. The predicted molar refractivity (Wildman–Crippen MR) is 97.4 cm³/mol. The SMILES string of the molecule is CN(C)c1cc(F)c(S(=O)(=O)N(C)C)cc1-n1c(=O)cc(C(F)(F)F)n(C)c1=O. The Hall–Kier alpha value is -2.67. The molecule has 0 atom stereocenters. The van der Waals surface area contributed by atoms with Crippen LogP contribution in [0.1, 0.15) is 5.69 Å². The number of sulfonamides is 1. The third kappa shape index (κ3) is 3.92. The van der Waals surface area contributed by atoms with Gasteiger partial charge >= 0.3 is 11.9 Å². The molecular formula is C16H18F4N4O4S. The molecule has 0 fully saturated rings. The van der Waals surface area contributed by atoms with Gasteiger partial charge in [0.1, 0.15) is 16.4 Å². The molecule has 0 amide bonds. The second kappa shape index (κ2) is 7.30. The molecule has 29 heavy (non-hydrogen) atoms. The zero-order valence-electron chi connectivity index (χ0n) is 16.1. The summed E-state index contributed by atoms with van der Waals surface area (Å²) < 4.78 is 79.8. The number of rotatable bonds is 4. The summed E-state index contributed by atoms with van der Waals surface area (Å²) >= 11 is 0. The van der Waals surface area contributed by atoms with E-state index in [1.54, 1.807) is 0 Å². The molecule has 0 radical (unpaired) electrons. The van der Waals surface area contributed by atoms with Gasteiger partial charge < -0.3 is 4.90 Å². The van der Waals surface area contributed by atoms with Crippen LogP contribution in [0.5, 0.6) is 0 Å². The lowest BCUT2D eigenvalue weighted by Crippen LogP contribution is -2.41. The van der Waals surface area contributed by atoms with E-state index in [1.807, 2.05) is 0 Å². The summed E-state index contributed by atoms with van der Waals surface area (Å²) in [5.41, 5.74) is -4.65. The van der Waals surface area contributed by atoms with Gasteiger partial charge in [0.25, 0.3) is 5.56 Å². The third-order valence-corrected chi connectivity index (χ3v) is 5.95. The van der Waals surface area contributed by atoms with Crippen LogP contribution < -0.4 is 16.1 Å². The fraction of sp³-hybridized carbons (Fsp3) is 0.375. The monoisotopic (exact) mass is 438 g/mol. The van der Waals surface area contributed by atoms with Crippen molar-refractivity contribution in [2.75, 3.05) is 33.1 Å². The van der Waals surface area contributed by atoms with Crippen molar-refractivity contribution in [2.45, 2.75) is 11.1 Å². The Bertz CT molecular complexity index is 1180. The molecule has 2 rings (SSSR count). The minimum absolute atomic E-state index is 0.0841. The molecule has 0 unspecified atom stereocenters. The highest BCUT2D eigenvalue weighted by Crippen LogP contribution is 2.30. The van der Waals surface area contributed by atoms with Crippen LogP contribution in [0.2, 0.25) is 0 Å². The Kier molecular flexibility index (Phi) is 5.69. The Labute approximate surface area is 163 Å². The first-order valence-electron chi connectivity index (χ1n) is 7.94. The molecule has 160 valence electrons. The van der Waals surface area contributed by atoms with Crippen LogP contribution in [0.25, 0.3) is 5.69 Å². The third-order valence-electron chi connectivity index (χ3n) is 4.12. The van der Waals surface area contributed by atoms with Crippen molar-refractivity contribution in [1.82, 2.24) is 13.4 Å². The van der Waals surface area contributed by atoms with Crippen molar-refractivity contribution >= 4 is 15.7 Å². The van der Waals surface area contributed by atoms with Crippen molar-refractivity contribution in [3.05, 3.63) is 50.5 Å². The molecule has 1 heterocycles. The van der Waals surface area contributed by atoms with Gasteiger partial charge in [-0.2, -0.15) is 13.2 Å². The van der Waals surface area contributed by atoms with E-state index in [1.165, 1.54) is 19.0 Å². The van der Waals surface area contributed by atoms with Crippen LogP contribution in [0.15, 0.2) is 32.7 Å². The molecule has 0 spiro atoms. The largest absolute Gasteiger partial charge is 0.431 e. The van der Waals surface area contributed by atoms with E-state index < -0.39 is 43.9 Å². The van der Waals surface area contributed by atoms with Gasteiger partial charge in [0.2, 0.25) is 10.0 Å². The van der Waals surface area contributed by atoms with Gasteiger partial charge in [0, 0.05) is 47.4 Å². The minimum atomic E-state index is -4.96. The Morgan fingerprint density at radius 1 is 1.00 bits per heavy atom. The number of hydrogen-bond donors (Lipinski definition) is 0. The molecule has 0 saturated heterocycles. The van der Waals surface area contributed by atoms with Crippen molar-refractivity contribution < 1.29 is 26.0 Å². The lowest BCUT2D eigenvalue weighted by molar-refractivity contribution is -0.144. The molecule has 8 nitrogen and oxygen atoms in total. The molecule has 13 heteroatoms. The van der Waals surface area contributed by atoms with Crippen molar-refractivity contribution in [3.63, 3.8) is 0 Å². The van der Waals surface area contributed by atoms with Gasteiger partial charge in [-0.05, 0) is 6.07 Å². The lowest BCUT2D eigenvalue weighted by atomic mass is 10.2. The first kappa shape index (κ1) is 22.6. The fourth-order valence-corrected chi connectivity index (χ4v) is 3.54. The van der Waals surface area contributed by atoms with E-state index in [4.69, 9.17) is 0 Å². The minimum Gasteiger partial charge on any atom is -0.376 e. The van der Waals surface area contributed by atoms with Crippen molar-refractivity contribution in [1.29, 1.82) is 0 Å². The lowest BCUT2D eigenvalue weighted by Gasteiger charge is -2.22. The number of hydrogen-bond acceptors (Lipinski definition) is 5. The summed E-state index contributed by atoms with van der Waals surface area (Å²) in [7, 11) is 1.66. The Balaban J connectivity index is 3.01. The van der Waals surface area contributed by atoms with E-state index in [0.717, 1.165) is 37.6 Å². The molecule has 0 bridgehead atoms. The molecule has 0 aliphatic rings. The van der Waals surface area contributed by atoms with E-state index in [9.17, 15) is 35.6 Å². The summed E-state index contributed by atoms with van der Waals surface area (Å²) in [4.78, 5) is 25.4. The molecule has 2 aromatic rings. The molecule has 0 aliphatic heterocycles. The van der Waals surface area contributed by atoms with E-state index >= 15 is 0 Å². The highest BCUT2D eigenvalue weighted by atomic mass is 32.2. The van der Waals surface area contributed by atoms with Crippen LogP contribution in [0.3, 0.4) is 0 Å². The molecule has 0 aliphatic carbocycles. The van der Waals surface area contributed by atoms with Gasteiger partial charge in [-0.1, -0.05) is 0 Å². The summed E-state index contributed by atoms with van der Waals surface area (Å²) in [6.07, 6.45) is -4.96.